The second-order valence-electron chi connectivity index (χ2n) is 3.42. The van der Waals surface area contributed by atoms with Crippen molar-refractivity contribution in [3.8, 4) is 0 Å². The number of rotatable bonds is 4. The molecule has 2 heteroatoms. The van der Waals surface area contributed by atoms with E-state index in [1.165, 1.54) is 6.42 Å². The summed E-state index contributed by atoms with van der Waals surface area (Å²) in [4.78, 5) is 2.28. The number of hydrogen-bond donors (Lipinski definition) is 1. The van der Waals surface area contributed by atoms with Gasteiger partial charge in [-0.05, 0) is 25.0 Å². The van der Waals surface area contributed by atoms with Crippen molar-refractivity contribution in [2.75, 3.05) is 19.6 Å². The molecular weight excluding hydrogens is 160 g/mol. The van der Waals surface area contributed by atoms with Gasteiger partial charge in [0.25, 0.3) is 0 Å². The molecule has 2 nitrogen and oxygen atoms in total. The molecule has 0 saturated carbocycles. The molecule has 1 unspecified atom stereocenters. The highest BCUT2D eigenvalue weighted by molar-refractivity contribution is 5.18. The quantitative estimate of drug-likeness (QED) is 0.661. The van der Waals surface area contributed by atoms with E-state index >= 15 is 0 Å². The number of hydrogen-bond acceptors (Lipinski definition) is 2. The Balaban J connectivity index is 2.41. The molecule has 2 N–H and O–H groups in total. The summed E-state index contributed by atoms with van der Waals surface area (Å²) in [6.45, 7) is 10.5. The highest BCUT2D eigenvalue weighted by Crippen LogP contribution is 2.19. The minimum Gasteiger partial charge on any atom is -0.372 e. The van der Waals surface area contributed by atoms with Crippen LogP contribution in [-0.4, -0.2) is 24.5 Å². The van der Waals surface area contributed by atoms with Gasteiger partial charge in [0.15, 0.2) is 0 Å². The zero-order valence-corrected chi connectivity index (χ0v) is 8.08. The Morgan fingerprint density at radius 1 is 1.62 bits per heavy atom. The van der Waals surface area contributed by atoms with Crippen LogP contribution in [0, 0.1) is 5.92 Å². The third-order valence-electron chi connectivity index (χ3n) is 2.45. The summed E-state index contributed by atoms with van der Waals surface area (Å²) < 4.78 is 0. The summed E-state index contributed by atoms with van der Waals surface area (Å²) in [6.07, 6.45) is 6.86. The van der Waals surface area contributed by atoms with Crippen molar-refractivity contribution in [3.63, 3.8) is 0 Å². The summed E-state index contributed by atoms with van der Waals surface area (Å²) in [5.74, 6) is 0.647. The molecule has 72 valence electrons. The van der Waals surface area contributed by atoms with Crippen LogP contribution in [0.15, 0.2) is 37.1 Å². The van der Waals surface area contributed by atoms with Crippen molar-refractivity contribution in [2.45, 2.75) is 6.42 Å². The summed E-state index contributed by atoms with van der Waals surface area (Å²) >= 11 is 0. The summed E-state index contributed by atoms with van der Waals surface area (Å²) in [5.41, 5.74) is 6.67. The molecule has 0 spiro atoms. The maximum atomic E-state index is 5.61. The minimum atomic E-state index is 0.647. The van der Waals surface area contributed by atoms with Gasteiger partial charge in [0.1, 0.15) is 0 Å². The molecule has 0 radical (unpaired) electrons. The van der Waals surface area contributed by atoms with E-state index in [-0.39, 0.29) is 0 Å². The third kappa shape index (κ3) is 2.74. The van der Waals surface area contributed by atoms with Crippen LogP contribution in [0.1, 0.15) is 6.42 Å². The molecule has 1 heterocycles. The number of allylic oxidation sites excluding steroid dienone is 3. The average Bonchev–Trinajstić information content (AvgIpc) is 2.62. The lowest BCUT2D eigenvalue weighted by atomic mass is 10.1. The van der Waals surface area contributed by atoms with E-state index < -0.39 is 0 Å². The molecule has 0 aromatic rings. The van der Waals surface area contributed by atoms with E-state index in [1.54, 1.807) is 6.08 Å². The predicted octanol–water partition coefficient (Wildman–Crippen LogP) is 1.52. The molecule has 1 fully saturated rings. The predicted molar refractivity (Wildman–Crippen MR) is 57.2 cm³/mol. The number of likely N-dealkylation sites (tertiary alicyclic amines) is 1. The van der Waals surface area contributed by atoms with Crippen molar-refractivity contribution >= 4 is 0 Å². The topological polar surface area (TPSA) is 29.3 Å². The van der Waals surface area contributed by atoms with Gasteiger partial charge in [-0.1, -0.05) is 25.3 Å². The molecule has 1 rings (SSSR count). The van der Waals surface area contributed by atoms with Gasteiger partial charge in [0.2, 0.25) is 0 Å². The van der Waals surface area contributed by atoms with Crippen molar-refractivity contribution in [1.29, 1.82) is 0 Å². The van der Waals surface area contributed by atoms with Crippen LogP contribution in [0.5, 0.6) is 0 Å². The third-order valence-corrected chi connectivity index (χ3v) is 2.45. The first kappa shape index (κ1) is 10.1. The molecule has 1 saturated heterocycles. The Morgan fingerprint density at radius 3 is 2.92 bits per heavy atom. The Kier molecular flexibility index (Phi) is 3.77. The van der Waals surface area contributed by atoms with Crippen LogP contribution in [-0.2, 0) is 0 Å². The smallest absolute Gasteiger partial charge is 0.0293 e. The first-order valence-corrected chi connectivity index (χ1v) is 4.71. The average molecular weight is 178 g/mol. The molecule has 1 atom stereocenters. The van der Waals surface area contributed by atoms with Gasteiger partial charge in [0, 0.05) is 18.8 Å². The highest BCUT2D eigenvalue weighted by atomic mass is 15.2. The Bertz CT molecular complexity index is 218. The van der Waals surface area contributed by atoms with Crippen molar-refractivity contribution in [3.05, 3.63) is 37.1 Å². The molecule has 13 heavy (non-hydrogen) atoms. The van der Waals surface area contributed by atoms with Crippen LogP contribution >= 0.6 is 0 Å². The van der Waals surface area contributed by atoms with Crippen molar-refractivity contribution < 1.29 is 0 Å². The molecule has 1 aliphatic rings. The van der Waals surface area contributed by atoms with Crippen LogP contribution < -0.4 is 5.73 Å². The lowest BCUT2D eigenvalue weighted by Gasteiger charge is -2.18. The van der Waals surface area contributed by atoms with Crippen LogP contribution in [0.4, 0.5) is 0 Å². The standard InChI is InChI=1S/C11H18N2/c1-3-4-5-10(2)13-7-6-11(8-12)9-13/h3-5,11H,1-2,6-9,12H2/b5-4-. The SMILES string of the molecule is C=C/C=C\C(=C)N1CCC(CN)C1. The Labute approximate surface area is 80.4 Å². The van der Waals surface area contributed by atoms with Crippen molar-refractivity contribution in [2.24, 2.45) is 11.7 Å². The Morgan fingerprint density at radius 2 is 2.38 bits per heavy atom. The lowest BCUT2D eigenvalue weighted by molar-refractivity contribution is 0.419. The fourth-order valence-electron chi connectivity index (χ4n) is 1.57. The van der Waals surface area contributed by atoms with E-state index in [0.29, 0.717) is 5.92 Å². The van der Waals surface area contributed by atoms with E-state index in [9.17, 15) is 0 Å². The molecular formula is C11H18N2. The largest absolute Gasteiger partial charge is 0.372 e. The number of nitrogens with two attached hydrogens (primary N) is 1. The molecule has 0 aromatic carbocycles. The van der Waals surface area contributed by atoms with Gasteiger partial charge >= 0.3 is 0 Å². The van der Waals surface area contributed by atoms with Crippen LogP contribution in [0.2, 0.25) is 0 Å². The number of nitrogens with zero attached hydrogens (tertiary/aromatic N) is 1. The fourth-order valence-corrected chi connectivity index (χ4v) is 1.57. The Hall–Kier alpha value is -1.02. The highest BCUT2D eigenvalue weighted by Gasteiger charge is 2.20. The maximum Gasteiger partial charge on any atom is 0.0293 e. The van der Waals surface area contributed by atoms with Crippen LogP contribution in [0.25, 0.3) is 0 Å². The molecule has 0 aliphatic carbocycles. The van der Waals surface area contributed by atoms with Gasteiger partial charge in [-0.15, -0.1) is 0 Å². The summed E-state index contributed by atoms with van der Waals surface area (Å²) in [7, 11) is 0. The first-order valence-electron chi connectivity index (χ1n) is 4.71. The fraction of sp³-hybridized carbons (Fsp3) is 0.455. The van der Waals surface area contributed by atoms with E-state index in [2.05, 4.69) is 18.1 Å². The van der Waals surface area contributed by atoms with Crippen LogP contribution in [0.3, 0.4) is 0 Å². The minimum absolute atomic E-state index is 0.647. The molecule has 0 aromatic heterocycles. The molecule has 0 amide bonds. The maximum absolute atomic E-state index is 5.61. The summed E-state index contributed by atoms with van der Waals surface area (Å²) in [5, 5.41) is 0. The second-order valence-corrected chi connectivity index (χ2v) is 3.42. The zero-order chi connectivity index (χ0) is 9.68. The van der Waals surface area contributed by atoms with E-state index in [4.69, 9.17) is 5.73 Å². The monoisotopic (exact) mass is 178 g/mol. The van der Waals surface area contributed by atoms with Gasteiger partial charge in [-0.3, -0.25) is 0 Å². The first-order chi connectivity index (χ1) is 6.27. The van der Waals surface area contributed by atoms with E-state index in [0.717, 1.165) is 25.3 Å². The van der Waals surface area contributed by atoms with E-state index in [1.807, 2.05) is 12.2 Å². The molecule has 0 bridgehead atoms. The lowest BCUT2D eigenvalue weighted by Crippen LogP contribution is -2.21. The van der Waals surface area contributed by atoms with Gasteiger partial charge in [0.05, 0.1) is 0 Å². The van der Waals surface area contributed by atoms with Gasteiger partial charge in [-0.2, -0.15) is 0 Å². The summed E-state index contributed by atoms with van der Waals surface area (Å²) in [6, 6.07) is 0. The normalized spacial score (nSPS) is 22.5. The van der Waals surface area contributed by atoms with Gasteiger partial charge < -0.3 is 10.6 Å². The molecule has 1 aliphatic heterocycles. The van der Waals surface area contributed by atoms with Gasteiger partial charge in [-0.25, -0.2) is 0 Å². The zero-order valence-electron chi connectivity index (χ0n) is 8.08. The second kappa shape index (κ2) is 4.87. The van der Waals surface area contributed by atoms with Crippen molar-refractivity contribution in [1.82, 2.24) is 4.90 Å².